The average Bonchev–Trinajstić information content (AvgIpc) is 3.50. The number of halogens is 1. The van der Waals surface area contributed by atoms with Gasteiger partial charge in [-0.3, -0.25) is 4.79 Å². The van der Waals surface area contributed by atoms with Crippen LogP contribution in [0.25, 0.3) is 28.1 Å². The Bertz CT molecular complexity index is 1510. The molecule has 8 nitrogen and oxygen atoms in total. The molecule has 0 amide bonds. The van der Waals surface area contributed by atoms with E-state index in [1.165, 1.54) is 0 Å². The van der Waals surface area contributed by atoms with Gasteiger partial charge in [-0.15, -0.1) is 0 Å². The van der Waals surface area contributed by atoms with E-state index < -0.39 is 0 Å². The van der Waals surface area contributed by atoms with Crippen molar-refractivity contribution in [3.05, 3.63) is 92.4 Å². The largest absolute Gasteiger partial charge is 0.396 e. The molecule has 3 heterocycles. The molecule has 0 aliphatic heterocycles. The maximum absolute atomic E-state index is 13.0. The molecule has 5 rings (SSSR count). The van der Waals surface area contributed by atoms with E-state index in [1.807, 2.05) is 60.2 Å². The number of H-pyrrole nitrogens is 2. The van der Waals surface area contributed by atoms with Crippen molar-refractivity contribution in [2.45, 2.75) is 19.4 Å². The number of nitrogens with one attached hydrogen (secondary N) is 3. The average molecular weight is 566 g/mol. The van der Waals surface area contributed by atoms with Crippen molar-refractivity contribution in [3.63, 3.8) is 0 Å². The molecule has 0 saturated heterocycles. The second kappa shape index (κ2) is 9.43. The van der Waals surface area contributed by atoms with Crippen LogP contribution in [0.15, 0.2) is 72.2 Å². The molecule has 1 atom stereocenters. The second-order valence-electron chi connectivity index (χ2n) is 8.04. The minimum atomic E-state index is -0.248. The Morgan fingerprint density at radius 3 is 2.85 bits per heavy atom. The van der Waals surface area contributed by atoms with E-state index in [9.17, 15) is 9.90 Å². The lowest BCUT2D eigenvalue weighted by molar-refractivity contribution is 0.280. The molecule has 9 heteroatoms. The van der Waals surface area contributed by atoms with Crippen molar-refractivity contribution in [3.8, 4) is 17.1 Å². The van der Waals surface area contributed by atoms with Gasteiger partial charge < -0.3 is 25.0 Å². The first-order valence-corrected chi connectivity index (χ1v) is 12.0. The highest BCUT2D eigenvalue weighted by molar-refractivity contribution is 14.1. The van der Waals surface area contributed by atoms with Gasteiger partial charge in [0.25, 0.3) is 5.56 Å². The molecule has 0 aliphatic carbocycles. The van der Waals surface area contributed by atoms with E-state index in [0.29, 0.717) is 23.5 Å². The van der Waals surface area contributed by atoms with Crippen molar-refractivity contribution in [1.82, 2.24) is 24.5 Å². The lowest BCUT2D eigenvalue weighted by atomic mass is 10.0. The number of hydrogen-bond acceptors (Lipinski definition) is 5. The highest BCUT2D eigenvalue weighted by Gasteiger charge is 2.20. The molecule has 172 valence electrons. The maximum atomic E-state index is 13.0. The summed E-state index contributed by atoms with van der Waals surface area (Å²) in [5.41, 5.74) is 5.47. The zero-order valence-electron chi connectivity index (χ0n) is 18.4. The van der Waals surface area contributed by atoms with E-state index >= 15 is 0 Å². The van der Waals surface area contributed by atoms with Gasteiger partial charge in [-0.1, -0.05) is 18.2 Å². The van der Waals surface area contributed by atoms with Crippen LogP contribution in [0.4, 0.5) is 5.69 Å². The lowest BCUT2D eigenvalue weighted by Crippen LogP contribution is -2.18. The third-order valence-electron chi connectivity index (χ3n) is 5.79. The number of benzene rings is 2. The molecule has 0 aliphatic rings. The fourth-order valence-electron chi connectivity index (χ4n) is 4.16. The van der Waals surface area contributed by atoms with Gasteiger partial charge in [0.1, 0.15) is 11.4 Å². The summed E-state index contributed by atoms with van der Waals surface area (Å²) in [4.78, 5) is 28.0. The minimum Gasteiger partial charge on any atom is -0.396 e. The SMILES string of the molecule is Cc1cc(-n2ccnc2)cc2[nH]c(-c3c(N[C@@H](CCO)c4ccccc4I)cc[nH]c3=O)nc12. The number of fused-ring (bicyclic) bond motifs is 1. The van der Waals surface area contributed by atoms with E-state index in [0.717, 1.165) is 31.4 Å². The van der Waals surface area contributed by atoms with Gasteiger partial charge in [0.2, 0.25) is 0 Å². The van der Waals surface area contributed by atoms with Crippen LogP contribution in [0.2, 0.25) is 0 Å². The number of imidazole rings is 2. The summed E-state index contributed by atoms with van der Waals surface area (Å²) >= 11 is 2.29. The van der Waals surface area contributed by atoms with Gasteiger partial charge in [-0.25, -0.2) is 9.97 Å². The van der Waals surface area contributed by atoms with Crippen LogP contribution in [0.3, 0.4) is 0 Å². The van der Waals surface area contributed by atoms with E-state index in [4.69, 9.17) is 4.98 Å². The number of nitrogens with zero attached hydrogens (tertiary/aromatic N) is 3. The Hall–Kier alpha value is -3.44. The summed E-state index contributed by atoms with van der Waals surface area (Å²) < 4.78 is 3.01. The van der Waals surface area contributed by atoms with E-state index in [1.54, 1.807) is 18.7 Å². The molecule has 0 saturated carbocycles. The highest BCUT2D eigenvalue weighted by Crippen LogP contribution is 2.31. The smallest absolute Gasteiger partial charge is 0.261 e. The van der Waals surface area contributed by atoms with Gasteiger partial charge >= 0.3 is 0 Å². The van der Waals surface area contributed by atoms with Crippen LogP contribution in [0.5, 0.6) is 0 Å². The van der Waals surface area contributed by atoms with Gasteiger partial charge in [-0.05, 0) is 71.3 Å². The molecule has 0 spiro atoms. The molecule has 5 aromatic rings. The molecule has 3 aromatic heterocycles. The first-order valence-electron chi connectivity index (χ1n) is 10.9. The number of aliphatic hydroxyl groups is 1. The number of anilines is 1. The number of aryl methyl sites for hydroxylation is 1. The predicted molar refractivity (Wildman–Crippen MR) is 141 cm³/mol. The van der Waals surface area contributed by atoms with Gasteiger partial charge in [0.05, 0.1) is 29.1 Å². The lowest BCUT2D eigenvalue weighted by Gasteiger charge is -2.22. The van der Waals surface area contributed by atoms with Crippen LogP contribution in [-0.2, 0) is 0 Å². The normalized spacial score (nSPS) is 12.2. The Labute approximate surface area is 209 Å². The molecule has 0 radical (unpaired) electrons. The predicted octanol–water partition coefficient (Wildman–Crippen LogP) is 4.55. The third-order valence-corrected chi connectivity index (χ3v) is 6.77. The zero-order valence-corrected chi connectivity index (χ0v) is 20.6. The Kier molecular flexibility index (Phi) is 6.20. The van der Waals surface area contributed by atoms with Gasteiger partial charge in [0.15, 0.2) is 0 Å². The molecule has 2 aromatic carbocycles. The Balaban J connectivity index is 1.59. The summed E-state index contributed by atoms with van der Waals surface area (Å²) in [5.74, 6) is 0.482. The molecule has 34 heavy (non-hydrogen) atoms. The molecular weight excluding hydrogens is 543 g/mol. The minimum absolute atomic E-state index is 0.0159. The van der Waals surface area contributed by atoms with Crippen LogP contribution in [-0.4, -0.2) is 36.2 Å². The fourth-order valence-corrected chi connectivity index (χ4v) is 4.93. The van der Waals surface area contributed by atoms with Crippen molar-refractivity contribution in [2.24, 2.45) is 0 Å². The number of aromatic amines is 2. The number of aliphatic hydroxyl groups excluding tert-OH is 1. The second-order valence-corrected chi connectivity index (χ2v) is 9.20. The Morgan fingerprint density at radius 1 is 1.24 bits per heavy atom. The number of rotatable bonds is 7. The van der Waals surface area contributed by atoms with Gasteiger partial charge in [-0.2, -0.15) is 0 Å². The monoisotopic (exact) mass is 566 g/mol. The van der Waals surface area contributed by atoms with Crippen molar-refractivity contribution < 1.29 is 5.11 Å². The molecule has 4 N–H and O–H groups in total. The summed E-state index contributed by atoms with van der Waals surface area (Å²) in [5, 5.41) is 13.2. The van der Waals surface area contributed by atoms with Crippen LogP contribution < -0.4 is 10.9 Å². The summed E-state index contributed by atoms with van der Waals surface area (Å²) in [6.45, 7) is 2.01. The fraction of sp³-hybridized carbons (Fsp3) is 0.160. The quantitative estimate of drug-likeness (QED) is 0.216. The van der Waals surface area contributed by atoms with E-state index in [-0.39, 0.29) is 18.2 Å². The molecular formula is C25H23IN6O2. The number of hydrogen-bond donors (Lipinski definition) is 4. The number of pyridine rings is 1. The van der Waals surface area contributed by atoms with Crippen LogP contribution >= 0.6 is 22.6 Å². The van der Waals surface area contributed by atoms with E-state index in [2.05, 4.69) is 42.9 Å². The summed E-state index contributed by atoms with van der Waals surface area (Å²) in [6.07, 6.45) is 7.48. The summed E-state index contributed by atoms with van der Waals surface area (Å²) in [7, 11) is 0. The standard InChI is InChI=1S/C25H23IN6O2/c1-15-12-16(32-10-9-27-14-32)13-21-23(15)31-24(30-21)22-20(6-8-28-25(22)34)29-19(7-11-33)17-4-2-3-5-18(17)26/h2-6,8-10,12-14,19,33H,7,11H2,1H3,(H,30,31)(H2,28,29,34)/t19-/m0/s1. The molecule has 0 fully saturated rings. The van der Waals surface area contributed by atoms with Crippen molar-refractivity contribution >= 4 is 39.3 Å². The Morgan fingerprint density at radius 2 is 2.09 bits per heavy atom. The first kappa shape index (κ1) is 22.4. The first-order chi connectivity index (χ1) is 16.5. The third kappa shape index (κ3) is 4.24. The maximum Gasteiger partial charge on any atom is 0.261 e. The van der Waals surface area contributed by atoms with Gasteiger partial charge in [0, 0.05) is 34.5 Å². The van der Waals surface area contributed by atoms with Crippen LogP contribution in [0, 0.1) is 10.5 Å². The number of aromatic nitrogens is 5. The highest BCUT2D eigenvalue weighted by atomic mass is 127. The van der Waals surface area contributed by atoms with Crippen molar-refractivity contribution in [2.75, 3.05) is 11.9 Å². The molecule has 0 bridgehead atoms. The van der Waals surface area contributed by atoms with Crippen molar-refractivity contribution in [1.29, 1.82) is 0 Å². The zero-order chi connectivity index (χ0) is 23.7. The summed E-state index contributed by atoms with van der Waals surface area (Å²) in [6, 6.07) is 13.7. The molecule has 0 unspecified atom stereocenters. The topological polar surface area (TPSA) is 112 Å². The van der Waals surface area contributed by atoms with Crippen LogP contribution in [0.1, 0.15) is 23.6 Å².